The van der Waals surface area contributed by atoms with Crippen LogP contribution in [0.25, 0.3) is 5.14 Å². The van der Waals surface area contributed by atoms with E-state index in [9.17, 15) is 13.2 Å². The predicted molar refractivity (Wildman–Crippen MR) is 107 cm³/mol. The molecule has 1 heterocycles. The van der Waals surface area contributed by atoms with Gasteiger partial charge in [-0.2, -0.15) is 0 Å². The maximum absolute atomic E-state index is 13.3. The number of carbonyl (C=O) groups is 1. The number of nitrogens with zero attached hydrogens (tertiary/aromatic N) is 2. The summed E-state index contributed by atoms with van der Waals surface area (Å²) >= 11 is 0. The van der Waals surface area contributed by atoms with Crippen LogP contribution in [0.5, 0.6) is 0 Å². The summed E-state index contributed by atoms with van der Waals surface area (Å²) in [6.45, 7) is 3.47. The molecular formula is C20H28KN3O3S. The molecule has 148 valence electrons. The molecule has 0 atom stereocenters. The van der Waals surface area contributed by atoms with Crippen molar-refractivity contribution in [2.45, 2.75) is 63.5 Å². The van der Waals surface area contributed by atoms with Crippen LogP contribution in [0.4, 0.5) is 10.5 Å². The molecule has 0 radical (unpaired) electrons. The number of amides is 2. The van der Waals surface area contributed by atoms with E-state index in [0.717, 1.165) is 44.2 Å². The van der Waals surface area contributed by atoms with Gasteiger partial charge in [0.2, 0.25) is 0 Å². The number of urea groups is 1. The van der Waals surface area contributed by atoms with Gasteiger partial charge >= 0.3 is 57.4 Å². The molecule has 28 heavy (non-hydrogen) atoms. The quantitative estimate of drug-likeness (QED) is 0.655. The van der Waals surface area contributed by atoms with Gasteiger partial charge in [0.15, 0.2) is 0 Å². The molecule has 0 bridgehead atoms. The number of rotatable bonds is 3. The van der Waals surface area contributed by atoms with Gasteiger partial charge < -0.3 is 10.0 Å². The third-order valence-electron chi connectivity index (χ3n) is 6.41. The first-order valence-electron chi connectivity index (χ1n) is 10.1. The van der Waals surface area contributed by atoms with Gasteiger partial charge in [-0.1, -0.05) is 6.07 Å². The smallest absolute Gasteiger partial charge is 0.564 e. The summed E-state index contributed by atoms with van der Waals surface area (Å²) in [4.78, 5) is 17.1. The first-order valence-corrected chi connectivity index (χ1v) is 11.7. The Balaban J connectivity index is 0.00000225. The summed E-state index contributed by atoms with van der Waals surface area (Å²) in [7, 11) is -3.77. The third kappa shape index (κ3) is 4.24. The Labute approximate surface area is 210 Å². The Bertz CT molecular complexity index is 832. The van der Waals surface area contributed by atoms with Gasteiger partial charge in [0, 0.05) is 24.9 Å². The van der Waals surface area contributed by atoms with Crippen LogP contribution >= 0.6 is 0 Å². The molecule has 0 spiro atoms. The number of hydrogen-bond acceptors (Lipinski definition) is 3. The van der Waals surface area contributed by atoms with E-state index in [1.165, 1.54) is 22.3 Å². The van der Waals surface area contributed by atoms with E-state index < -0.39 is 15.3 Å². The zero-order chi connectivity index (χ0) is 19.2. The van der Waals surface area contributed by atoms with Crippen LogP contribution in [0, 0.1) is 0 Å². The van der Waals surface area contributed by atoms with E-state index in [2.05, 4.69) is 6.07 Å². The van der Waals surface area contributed by atoms with Crippen molar-refractivity contribution >= 4 is 21.7 Å². The Morgan fingerprint density at radius 1 is 1.11 bits per heavy atom. The topological polar surface area (TPSA) is 81.5 Å². The molecule has 0 saturated carbocycles. The molecule has 2 amide bonds. The molecule has 0 unspecified atom stereocenters. The van der Waals surface area contributed by atoms with Crippen molar-refractivity contribution < 1.29 is 64.6 Å². The number of carbonyl (C=O) groups excluding carboxylic acids is 1. The minimum absolute atomic E-state index is 0. The number of sulfonamides is 1. The molecule has 1 N–H and O–H groups in total. The Morgan fingerprint density at radius 3 is 2.11 bits per heavy atom. The van der Waals surface area contributed by atoms with Gasteiger partial charge in [-0.05, 0) is 80.5 Å². The maximum Gasteiger partial charge on any atom is 1.00 e. The van der Waals surface area contributed by atoms with E-state index >= 15 is 0 Å². The fraction of sp³-hybridized carbons (Fsp3) is 0.650. The molecule has 2 aliphatic carbocycles. The Morgan fingerprint density at radius 2 is 1.64 bits per heavy atom. The van der Waals surface area contributed by atoms with E-state index in [0.29, 0.717) is 32.5 Å². The summed E-state index contributed by atoms with van der Waals surface area (Å²) < 4.78 is 23.0. The molecule has 4 rings (SSSR count). The normalized spacial score (nSPS) is 19.1. The fourth-order valence-electron chi connectivity index (χ4n) is 5.03. The minimum atomic E-state index is -3.77. The average Bonchev–Trinajstić information content (AvgIpc) is 3.29. The molecule has 1 saturated heterocycles. The number of hydrogen-bond donors (Lipinski definition) is 0. The first kappa shape index (κ1) is 22.7. The van der Waals surface area contributed by atoms with Crippen LogP contribution in [0.1, 0.15) is 54.9 Å². The monoisotopic (exact) mass is 429 g/mol. The van der Waals surface area contributed by atoms with Gasteiger partial charge in [-0.15, -0.1) is 0 Å². The number of piperidine rings is 1. The number of benzene rings is 1. The van der Waals surface area contributed by atoms with E-state index in [-0.39, 0.29) is 57.4 Å². The van der Waals surface area contributed by atoms with Gasteiger partial charge in [-0.25, -0.2) is 13.2 Å². The zero-order valence-corrected chi connectivity index (χ0v) is 20.9. The van der Waals surface area contributed by atoms with Gasteiger partial charge in [-0.3, -0.25) is 4.90 Å². The number of anilines is 1. The Hall–Kier alpha value is 0.0364. The minimum Gasteiger partial charge on any atom is -0.564 e. The fourth-order valence-corrected chi connectivity index (χ4v) is 5.86. The SMILES string of the molecule is CCN(C(=O)N1CCC(S([NH-])(=O)=O)CC1)c1c2c(cc3c1CCC3)CCC2.[K+]. The third-order valence-corrected chi connectivity index (χ3v) is 7.76. The van der Waals surface area contributed by atoms with Crippen molar-refractivity contribution in [2.75, 3.05) is 24.5 Å². The van der Waals surface area contributed by atoms with Crippen molar-refractivity contribution in [3.05, 3.63) is 33.5 Å². The molecule has 0 aromatic heterocycles. The summed E-state index contributed by atoms with van der Waals surface area (Å²) in [5.41, 5.74) is 6.69. The van der Waals surface area contributed by atoms with Gasteiger partial charge in [0.05, 0.1) is 15.7 Å². The number of likely N-dealkylation sites (tertiary alicyclic amines) is 1. The zero-order valence-electron chi connectivity index (χ0n) is 17.0. The summed E-state index contributed by atoms with van der Waals surface area (Å²) in [6.07, 6.45) is 7.33. The summed E-state index contributed by atoms with van der Waals surface area (Å²) in [5, 5.41) is 6.64. The molecule has 1 fully saturated rings. The van der Waals surface area contributed by atoms with Crippen molar-refractivity contribution in [3.8, 4) is 0 Å². The van der Waals surface area contributed by atoms with E-state index in [4.69, 9.17) is 5.14 Å². The molecule has 8 heteroatoms. The standard InChI is InChI=1S/C20H28N3O3S.K/c1-2-23(20(24)22-11-9-16(10-12-22)27(21,25)26)19-17-7-3-5-14(17)13-15-6-4-8-18(15)19;/h13,16H,2-12H2,1H3,(H-,21,25,26);/q-1;+1. The van der Waals surface area contributed by atoms with Gasteiger partial charge in [0.1, 0.15) is 0 Å². The van der Waals surface area contributed by atoms with Crippen molar-refractivity contribution in [2.24, 2.45) is 0 Å². The van der Waals surface area contributed by atoms with Crippen LogP contribution in [0.3, 0.4) is 0 Å². The summed E-state index contributed by atoms with van der Waals surface area (Å²) in [5.74, 6) is 0. The number of aryl methyl sites for hydroxylation is 2. The maximum atomic E-state index is 13.3. The van der Waals surface area contributed by atoms with E-state index in [1.807, 2.05) is 11.8 Å². The number of fused-ring (bicyclic) bond motifs is 2. The average molecular weight is 430 g/mol. The molecule has 6 nitrogen and oxygen atoms in total. The second-order valence-electron chi connectivity index (χ2n) is 7.97. The van der Waals surface area contributed by atoms with Crippen LogP contribution in [-0.4, -0.2) is 44.2 Å². The second kappa shape index (κ2) is 9.04. The van der Waals surface area contributed by atoms with Crippen LogP contribution in [-0.2, 0) is 35.7 Å². The predicted octanol–water partition coefficient (Wildman–Crippen LogP) is 0.461. The van der Waals surface area contributed by atoms with E-state index in [1.54, 1.807) is 4.90 Å². The van der Waals surface area contributed by atoms with Gasteiger partial charge in [0.25, 0.3) is 0 Å². The molecular weight excluding hydrogens is 401 g/mol. The van der Waals surface area contributed by atoms with Crippen molar-refractivity contribution in [1.82, 2.24) is 4.90 Å². The summed E-state index contributed by atoms with van der Waals surface area (Å²) in [6, 6.07) is 2.37. The van der Waals surface area contributed by atoms with Crippen molar-refractivity contribution in [3.63, 3.8) is 0 Å². The molecule has 1 aliphatic heterocycles. The van der Waals surface area contributed by atoms with Crippen molar-refractivity contribution in [1.29, 1.82) is 0 Å². The van der Waals surface area contributed by atoms with Crippen LogP contribution in [0.2, 0.25) is 0 Å². The second-order valence-corrected chi connectivity index (χ2v) is 9.72. The molecule has 1 aromatic carbocycles. The number of nitrogens with one attached hydrogen (secondary N) is 1. The largest absolute Gasteiger partial charge is 1.00 e. The van der Waals surface area contributed by atoms with Crippen LogP contribution in [0.15, 0.2) is 6.07 Å². The molecule has 1 aromatic rings. The Kier molecular flexibility index (Phi) is 7.33. The molecule has 3 aliphatic rings. The van der Waals surface area contributed by atoms with Crippen LogP contribution < -0.4 is 56.3 Å². The first-order chi connectivity index (χ1) is 12.9.